The van der Waals surface area contributed by atoms with Gasteiger partial charge in [-0.1, -0.05) is 0 Å². The monoisotopic (exact) mass is 318 g/mol. The van der Waals surface area contributed by atoms with E-state index >= 15 is 0 Å². The summed E-state index contributed by atoms with van der Waals surface area (Å²) in [6.07, 6.45) is 2.62. The molecule has 0 aliphatic carbocycles. The second-order valence-corrected chi connectivity index (χ2v) is 4.98. The van der Waals surface area contributed by atoms with Crippen molar-refractivity contribution in [3.8, 4) is 0 Å². The number of ether oxygens (including phenoxy) is 1. The van der Waals surface area contributed by atoms with Crippen molar-refractivity contribution in [1.29, 1.82) is 0 Å². The van der Waals surface area contributed by atoms with Gasteiger partial charge in [0, 0.05) is 18.6 Å². The smallest absolute Gasteiger partial charge is 0.343 e. The van der Waals surface area contributed by atoms with Crippen LogP contribution in [0.25, 0.3) is 21.8 Å². The van der Waals surface area contributed by atoms with Gasteiger partial charge in [-0.3, -0.25) is 9.78 Å². The van der Waals surface area contributed by atoms with Gasteiger partial charge in [0.15, 0.2) is 11.6 Å². The van der Waals surface area contributed by atoms with Crippen LogP contribution < -0.4 is 5.43 Å². The summed E-state index contributed by atoms with van der Waals surface area (Å²) in [5.74, 6) is -2.95. The first-order chi connectivity index (χ1) is 11.0. The number of hydrogen-bond donors (Lipinski definition) is 0. The molecule has 0 spiro atoms. The Kier molecular flexibility index (Phi) is 3.55. The Morgan fingerprint density at radius 1 is 1.35 bits per heavy atom. The highest BCUT2D eigenvalue weighted by Crippen LogP contribution is 2.24. The number of rotatable bonds is 2. The maximum atomic E-state index is 13.9. The molecule has 1 aromatic carbocycles. The average Bonchev–Trinajstić information content (AvgIpc) is 2.53. The standard InChI is InChI=1S/C16H12F2N2O3/c1-3-23-16(22)9-7-20(2)11-6-19-14-8(12(11)15(9)21)4-5-10(17)13(14)18/h4-7H,3H2,1-2H3. The van der Waals surface area contributed by atoms with E-state index in [0.717, 1.165) is 6.07 Å². The van der Waals surface area contributed by atoms with E-state index in [-0.39, 0.29) is 28.5 Å². The third kappa shape index (κ3) is 2.25. The average molecular weight is 318 g/mol. The van der Waals surface area contributed by atoms with Gasteiger partial charge < -0.3 is 9.30 Å². The Hall–Kier alpha value is -2.83. The molecular formula is C16H12F2N2O3. The maximum Gasteiger partial charge on any atom is 0.343 e. The molecule has 7 heteroatoms. The molecule has 0 bridgehead atoms. The van der Waals surface area contributed by atoms with Crippen molar-refractivity contribution in [1.82, 2.24) is 9.55 Å². The lowest BCUT2D eigenvalue weighted by molar-refractivity contribution is 0.0524. The lowest BCUT2D eigenvalue weighted by Crippen LogP contribution is -2.20. The topological polar surface area (TPSA) is 61.2 Å². The van der Waals surface area contributed by atoms with Crippen LogP contribution in [0.1, 0.15) is 17.3 Å². The first kappa shape index (κ1) is 15.1. The van der Waals surface area contributed by atoms with E-state index in [4.69, 9.17) is 4.74 Å². The fourth-order valence-corrected chi connectivity index (χ4v) is 2.51. The van der Waals surface area contributed by atoms with Gasteiger partial charge in [0.1, 0.15) is 11.1 Å². The fourth-order valence-electron chi connectivity index (χ4n) is 2.51. The normalized spacial score (nSPS) is 11.1. The summed E-state index contributed by atoms with van der Waals surface area (Å²) in [7, 11) is 1.62. The highest BCUT2D eigenvalue weighted by atomic mass is 19.2. The fraction of sp³-hybridized carbons (Fsp3) is 0.188. The number of fused-ring (bicyclic) bond motifs is 3. The van der Waals surface area contributed by atoms with Crippen LogP contribution in [-0.4, -0.2) is 22.1 Å². The van der Waals surface area contributed by atoms with Gasteiger partial charge in [-0.15, -0.1) is 0 Å². The van der Waals surface area contributed by atoms with E-state index in [1.54, 1.807) is 14.0 Å². The molecule has 3 rings (SSSR count). The van der Waals surface area contributed by atoms with Crippen LogP contribution in [0.15, 0.2) is 29.3 Å². The van der Waals surface area contributed by atoms with Gasteiger partial charge in [-0.2, -0.15) is 0 Å². The molecule has 0 amide bonds. The Bertz CT molecular complexity index is 1010. The number of pyridine rings is 2. The number of aryl methyl sites for hydroxylation is 1. The summed E-state index contributed by atoms with van der Waals surface area (Å²) in [4.78, 5) is 28.5. The van der Waals surface area contributed by atoms with E-state index in [9.17, 15) is 18.4 Å². The van der Waals surface area contributed by atoms with Crippen molar-refractivity contribution in [2.24, 2.45) is 7.05 Å². The molecule has 0 aliphatic rings. The van der Waals surface area contributed by atoms with Gasteiger partial charge in [0.2, 0.25) is 5.43 Å². The van der Waals surface area contributed by atoms with Crippen LogP contribution in [0.4, 0.5) is 8.78 Å². The van der Waals surface area contributed by atoms with Gasteiger partial charge in [-0.05, 0) is 19.1 Å². The molecule has 2 heterocycles. The van der Waals surface area contributed by atoms with Gasteiger partial charge in [0.05, 0.1) is 23.7 Å². The molecule has 0 radical (unpaired) electrons. The number of nitrogens with zero attached hydrogens (tertiary/aromatic N) is 2. The summed E-state index contributed by atoms with van der Waals surface area (Å²) in [6, 6.07) is 2.20. The second-order valence-electron chi connectivity index (χ2n) is 4.98. The van der Waals surface area contributed by atoms with Crippen LogP contribution in [0.5, 0.6) is 0 Å². The summed E-state index contributed by atoms with van der Waals surface area (Å²) in [5, 5.41) is 0.245. The quantitative estimate of drug-likeness (QED) is 0.538. The third-order valence-electron chi connectivity index (χ3n) is 3.58. The Morgan fingerprint density at radius 2 is 2.09 bits per heavy atom. The molecule has 23 heavy (non-hydrogen) atoms. The van der Waals surface area contributed by atoms with Crippen molar-refractivity contribution >= 4 is 27.8 Å². The molecule has 0 saturated heterocycles. The first-order valence-electron chi connectivity index (χ1n) is 6.88. The Balaban J connectivity index is 2.48. The van der Waals surface area contributed by atoms with Crippen LogP contribution >= 0.6 is 0 Å². The molecule has 0 unspecified atom stereocenters. The molecule has 118 valence electrons. The van der Waals surface area contributed by atoms with E-state index in [1.165, 1.54) is 23.0 Å². The van der Waals surface area contributed by atoms with Gasteiger partial charge in [0.25, 0.3) is 0 Å². The van der Waals surface area contributed by atoms with Crippen molar-refractivity contribution in [3.63, 3.8) is 0 Å². The summed E-state index contributed by atoms with van der Waals surface area (Å²) < 4.78 is 33.7. The summed E-state index contributed by atoms with van der Waals surface area (Å²) in [5.41, 5.74) is -0.619. The molecule has 2 aromatic heterocycles. The predicted octanol–water partition coefficient (Wildman–Crippen LogP) is 2.54. The van der Waals surface area contributed by atoms with Crippen LogP contribution in [0.3, 0.4) is 0 Å². The number of benzene rings is 1. The predicted molar refractivity (Wildman–Crippen MR) is 80.4 cm³/mol. The number of carbonyl (C=O) groups excluding carboxylic acids is 1. The largest absolute Gasteiger partial charge is 0.462 e. The summed E-state index contributed by atoms with van der Waals surface area (Å²) in [6.45, 7) is 1.75. The zero-order chi connectivity index (χ0) is 16.7. The molecule has 3 aromatic rings. The molecular weight excluding hydrogens is 306 g/mol. The Morgan fingerprint density at radius 3 is 2.78 bits per heavy atom. The minimum absolute atomic E-state index is 0.0990. The SMILES string of the molecule is CCOC(=O)c1cn(C)c2cnc3c(F)c(F)ccc3c2c1=O. The molecule has 0 aliphatic heterocycles. The molecule has 0 saturated carbocycles. The van der Waals surface area contributed by atoms with Crippen LogP contribution in [0.2, 0.25) is 0 Å². The lowest BCUT2D eigenvalue weighted by atomic mass is 10.1. The highest BCUT2D eigenvalue weighted by molar-refractivity contribution is 6.06. The van der Waals surface area contributed by atoms with Crippen molar-refractivity contribution < 1.29 is 18.3 Å². The molecule has 0 atom stereocenters. The zero-order valence-corrected chi connectivity index (χ0v) is 12.4. The lowest BCUT2D eigenvalue weighted by Gasteiger charge is -2.10. The van der Waals surface area contributed by atoms with Crippen molar-refractivity contribution in [2.75, 3.05) is 6.61 Å². The third-order valence-corrected chi connectivity index (χ3v) is 3.58. The van der Waals surface area contributed by atoms with E-state index in [2.05, 4.69) is 4.98 Å². The second kappa shape index (κ2) is 5.42. The first-order valence-corrected chi connectivity index (χ1v) is 6.88. The minimum atomic E-state index is -1.13. The minimum Gasteiger partial charge on any atom is -0.462 e. The molecule has 5 nitrogen and oxygen atoms in total. The van der Waals surface area contributed by atoms with Crippen LogP contribution in [-0.2, 0) is 11.8 Å². The van der Waals surface area contributed by atoms with E-state index in [1.807, 2.05) is 0 Å². The number of halogens is 2. The van der Waals surface area contributed by atoms with Gasteiger partial charge >= 0.3 is 5.97 Å². The van der Waals surface area contributed by atoms with E-state index in [0.29, 0.717) is 5.52 Å². The van der Waals surface area contributed by atoms with Gasteiger partial charge in [-0.25, -0.2) is 13.6 Å². The van der Waals surface area contributed by atoms with E-state index < -0.39 is 23.0 Å². The number of hydrogen-bond acceptors (Lipinski definition) is 4. The number of aromatic nitrogens is 2. The molecule has 0 fully saturated rings. The highest BCUT2D eigenvalue weighted by Gasteiger charge is 2.19. The molecule has 0 N–H and O–H groups in total. The van der Waals surface area contributed by atoms with Crippen molar-refractivity contribution in [3.05, 3.63) is 51.9 Å². The maximum absolute atomic E-state index is 13.9. The summed E-state index contributed by atoms with van der Waals surface area (Å²) >= 11 is 0. The number of carbonyl (C=O) groups is 1. The Labute approximate surface area is 129 Å². The van der Waals surface area contributed by atoms with Crippen molar-refractivity contribution in [2.45, 2.75) is 6.92 Å². The zero-order valence-electron chi connectivity index (χ0n) is 12.4. The number of esters is 1. The van der Waals surface area contributed by atoms with Crippen LogP contribution in [0, 0.1) is 11.6 Å².